The number of esters is 2. The molecule has 9 heteroatoms. The number of aliphatic carboxylic acids is 1. The Morgan fingerprint density at radius 1 is 0.385 bits per heavy atom. The molecular weight excluding hydrogens is 971 g/mol. The van der Waals surface area contributed by atoms with Crippen molar-refractivity contribution in [3.8, 4) is 0 Å². The summed E-state index contributed by atoms with van der Waals surface area (Å²) in [4.78, 5) is 37.3. The molecule has 0 saturated heterocycles. The van der Waals surface area contributed by atoms with E-state index in [9.17, 15) is 19.5 Å². The Bertz CT molecular complexity index is 1420. The number of rotatable bonds is 62. The van der Waals surface area contributed by atoms with Crippen molar-refractivity contribution in [3.63, 3.8) is 0 Å². The molecule has 0 spiro atoms. The number of carboxylic acids is 1. The van der Waals surface area contributed by atoms with Crippen LogP contribution in [0.15, 0.2) is 48.6 Å². The van der Waals surface area contributed by atoms with Crippen LogP contribution >= 0.6 is 0 Å². The zero-order valence-corrected chi connectivity index (χ0v) is 52.0. The SMILES string of the molecule is CCCCCCC/C=C\C/C=C\C/C=C\CCCCCCCCCCCCCCCCCCCCCCCCCCC(=O)OC(COC(=O)CCCCCCC/C=C\CCCCCCC)COC(OCC[N+](C)(C)C)C(=O)[O-]. The molecule has 0 aromatic rings. The number of carbonyl (C=O) groups excluding carboxylic acids is 3. The molecule has 0 aliphatic heterocycles. The third kappa shape index (κ3) is 60.9. The van der Waals surface area contributed by atoms with Crippen LogP contribution in [0.25, 0.3) is 0 Å². The summed E-state index contributed by atoms with van der Waals surface area (Å²) in [6.07, 6.45) is 73.5. The summed E-state index contributed by atoms with van der Waals surface area (Å²) in [6, 6.07) is 0. The first-order valence-corrected chi connectivity index (χ1v) is 33.3. The lowest BCUT2D eigenvalue weighted by molar-refractivity contribution is -0.870. The summed E-state index contributed by atoms with van der Waals surface area (Å²) in [6.45, 7) is 4.75. The van der Waals surface area contributed by atoms with Gasteiger partial charge in [0.05, 0.1) is 40.3 Å². The Morgan fingerprint density at radius 2 is 0.692 bits per heavy atom. The van der Waals surface area contributed by atoms with Crippen molar-refractivity contribution < 1.29 is 42.9 Å². The van der Waals surface area contributed by atoms with Crippen molar-refractivity contribution in [2.24, 2.45) is 0 Å². The van der Waals surface area contributed by atoms with Gasteiger partial charge in [-0.15, -0.1) is 0 Å². The number of hydrogen-bond donors (Lipinski definition) is 0. The highest BCUT2D eigenvalue weighted by Crippen LogP contribution is 2.18. The molecule has 0 radical (unpaired) electrons. The van der Waals surface area contributed by atoms with Crippen LogP contribution in [0.2, 0.25) is 0 Å². The number of likely N-dealkylation sites (N-methyl/N-ethyl adjacent to an activating group) is 1. The summed E-state index contributed by atoms with van der Waals surface area (Å²) < 4.78 is 22.7. The quantitative estimate of drug-likeness (QED) is 0.0195. The van der Waals surface area contributed by atoms with E-state index in [1.165, 1.54) is 218 Å². The van der Waals surface area contributed by atoms with E-state index in [-0.39, 0.29) is 38.6 Å². The standard InChI is InChI=1S/C69H127NO8/c1-6-8-10-12-14-16-18-20-22-23-24-25-26-27-28-29-30-31-32-33-34-35-36-37-38-39-40-41-42-43-44-45-46-48-50-52-54-56-58-60-67(72)78-65(64-77-69(68(73)74)75-62-61-70(3,4)5)63-76-66(71)59-57-55-53-51-49-47-21-19-17-15-13-11-9-7-2/h18-21,23-24,26-27,65,69H,6-17,22,25,28-64H2,1-5H3/b20-18-,21-19-,24-23-,27-26-. The molecule has 0 heterocycles. The molecule has 0 fully saturated rings. The third-order valence-corrected chi connectivity index (χ3v) is 14.8. The highest BCUT2D eigenvalue weighted by Gasteiger charge is 2.22. The van der Waals surface area contributed by atoms with Gasteiger partial charge in [-0.1, -0.05) is 274 Å². The van der Waals surface area contributed by atoms with E-state index in [0.29, 0.717) is 17.4 Å². The highest BCUT2D eigenvalue weighted by atomic mass is 16.7. The molecule has 0 saturated carbocycles. The van der Waals surface area contributed by atoms with Crippen LogP contribution in [0, 0.1) is 0 Å². The lowest BCUT2D eigenvalue weighted by atomic mass is 10.0. The van der Waals surface area contributed by atoms with Crippen LogP contribution in [0.4, 0.5) is 0 Å². The number of nitrogens with zero attached hydrogens (tertiary/aromatic N) is 1. The summed E-state index contributed by atoms with van der Waals surface area (Å²) in [5.74, 6) is -2.28. The van der Waals surface area contributed by atoms with Gasteiger partial charge in [-0.05, 0) is 77.0 Å². The number of quaternary nitrogens is 1. The maximum Gasteiger partial charge on any atom is 0.306 e. The first kappa shape index (κ1) is 75.2. The number of unbranched alkanes of at least 4 members (excludes halogenated alkanes) is 39. The second-order valence-corrected chi connectivity index (χ2v) is 23.8. The summed E-state index contributed by atoms with van der Waals surface area (Å²) in [5.41, 5.74) is 0. The third-order valence-electron chi connectivity index (χ3n) is 14.8. The molecule has 2 atom stereocenters. The first-order valence-electron chi connectivity index (χ1n) is 33.3. The van der Waals surface area contributed by atoms with Gasteiger partial charge in [-0.3, -0.25) is 9.59 Å². The van der Waals surface area contributed by atoms with Crippen LogP contribution < -0.4 is 5.11 Å². The summed E-state index contributed by atoms with van der Waals surface area (Å²) >= 11 is 0. The van der Waals surface area contributed by atoms with Crippen molar-refractivity contribution in [2.45, 2.75) is 328 Å². The molecule has 0 bridgehead atoms. The molecule has 0 N–H and O–H groups in total. The normalized spacial score (nSPS) is 13.0. The van der Waals surface area contributed by atoms with Crippen molar-refractivity contribution in [1.82, 2.24) is 0 Å². The molecular formula is C69H127NO8. The molecule has 9 nitrogen and oxygen atoms in total. The number of carbonyl (C=O) groups is 3. The van der Waals surface area contributed by atoms with Gasteiger partial charge in [0.1, 0.15) is 13.2 Å². The lowest BCUT2D eigenvalue weighted by Gasteiger charge is -2.26. The fourth-order valence-electron chi connectivity index (χ4n) is 9.66. The highest BCUT2D eigenvalue weighted by molar-refractivity contribution is 5.70. The smallest absolute Gasteiger partial charge is 0.306 e. The molecule has 0 aromatic carbocycles. The molecule has 0 amide bonds. The Kier molecular flexibility index (Phi) is 58.2. The fraction of sp³-hybridized carbons (Fsp3) is 0.841. The second-order valence-electron chi connectivity index (χ2n) is 23.8. The van der Waals surface area contributed by atoms with E-state index in [1.807, 2.05) is 21.1 Å². The maximum atomic E-state index is 12.9. The predicted octanol–water partition coefficient (Wildman–Crippen LogP) is 18.9. The zero-order valence-electron chi connectivity index (χ0n) is 52.0. The Labute approximate surface area is 482 Å². The second kappa shape index (κ2) is 60.3. The van der Waals surface area contributed by atoms with Crippen LogP contribution in [0.1, 0.15) is 316 Å². The van der Waals surface area contributed by atoms with E-state index >= 15 is 0 Å². The van der Waals surface area contributed by atoms with E-state index in [2.05, 4.69) is 62.5 Å². The topological polar surface area (TPSA) is 111 Å². The summed E-state index contributed by atoms with van der Waals surface area (Å²) in [7, 11) is 5.93. The largest absolute Gasteiger partial charge is 0.545 e. The van der Waals surface area contributed by atoms with E-state index < -0.39 is 24.3 Å². The number of carboxylic acid groups (broad SMARTS) is 1. The molecule has 0 aliphatic rings. The van der Waals surface area contributed by atoms with Gasteiger partial charge in [0, 0.05) is 12.8 Å². The van der Waals surface area contributed by atoms with Crippen LogP contribution in [0.5, 0.6) is 0 Å². The number of hydrogen-bond acceptors (Lipinski definition) is 8. The van der Waals surface area contributed by atoms with E-state index in [0.717, 1.165) is 64.2 Å². The van der Waals surface area contributed by atoms with Gasteiger partial charge in [0.25, 0.3) is 0 Å². The zero-order chi connectivity index (χ0) is 56.9. The Hall–Kier alpha value is -2.75. The van der Waals surface area contributed by atoms with Crippen molar-refractivity contribution >= 4 is 17.9 Å². The molecule has 2 unspecified atom stereocenters. The molecule has 78 heavy (non-hydrogen) atoms. The first-order chi connectivity index (χ1) is 38.1. The lowest BCUT2D eigenvalue weighted by Crippen LogP contribution is -2.44. The van der Waals surface area contributed by atoms with Crippen LogP contribution in [0.3, 0.4) is 0 Å². The Morgan fingerprint density at radius 3 is 1.04 bits per heavy atom. The van der Waals surface area contributed by atoms with Gasteiger partial charge >= 0.3 is 11.9 Å². The van der Waals surface area contributed by atoms with Crippen molar-refractivity contribution in [1.29, 1.82) is 0 Å². The van der Waals surface area contributed by atoms with Gasteiger partial charge < -0.3 is 33.3 Å². The molecule has 0 rings (SSSR count). The average Bonchev–Trinajstić information content (AvgIpc) is 3.41. The Balaban J connectivity index is 3.95. The monoisotopic (exact) mass is 1100 g/mol. The minimum absolute atomic E-state index is 0.148. The number of ether oxygens (including phenoxy) is 4. The molecule has 0 aromatic heterocycles. The average molecular weight is 1100 g/mol. The molecule has 0 aliphatic carbocycles. The summed E-state index contributed by atoms with van der Waals surface area (Å²) in [5, 5.41) is 11.8. The van der Waals surface area contributed by atoms with Gasteiger partial charge in [-0.25, -0.2) is 0 Å². The molecule has 456 valence electrons. The van der Waals surface area contributed by atoms with Crippen LogP contribution in [-0.4, -0.2) is 82.3 Å². The predicted molar refractivity (Wildman–Crippen MR) is 329 cm³/mol. The van der Waals surface area contributed by atoms with E-state index in [4.69, 9.17) is 18.9 Å². The van der Waals surface area contributed by atoms with Gasteiger partial charge in [0.2, 0.25) is 0 Å². The van der Waals surface area contributed by atoms with Gasteiger partial charge in [-0.2, -0.15) is 0 Å². The van der Waals surface area contributed by atoms with Crippen molar-refractivity contribution in [2.75, 3.05) is 47.5 Å². The minimum atomic E-state index is -1.62. The maximum absolute atomic E-state index is 12.9. The van der Waals surface area contributed by atoms with Crippen LogP contribution in [-0.2, 0) is 33.3 Å². The minimum Gasteiger partial charge on any atom is -0.545 e. The van der Waals surface area contributed by atoms with Gasteiger partial charge in [0.15, 0.2) is 12.4 Å². The van der Waals surface area contributed by atoms with Crippen molar-refractivity contribution in [3.05, 3.63) is 48.6 Å². The van der Waals surface area contributed by atoms with E-state index in [1.54, 1.807) is 0 Å². The fourth-order valence-corrected chi connectivity index (χ4v) is 9.66. The number of allylic oxidation sites excluding steroid dienone is 8.